The van der Waals surface area contributed by atoms with E-state index in [9.17, 15) is 19.5 Å². The number of allylic oxidation sites excluding steroid dienone is 2. The molecule has 0 heterocycles. The highest BCUT2D eigenvalue weighted by Crippen LogP contribution is 2.14. The van der Waals surface area contributed by atoms with Crippen LogP contribution in [0.25, 0.3) is 0 Å². The molecule has 0 spiro atoms. The lowest BCUT2D eigenvalue weighted by atomic mass is 10.1. The highest BCUT2D eigenvalue weighted by atomic mass is 16.4. The summed E-state index contributed by atoms with van der Waals surface area (Å²) < 4.78 is -0.503. The van der Waals surface area contributed by atoms with E-state index in [1.165, 1.54) is 57.8 Å². The summed E-state index contributed by atoms with van der Waals surface area (Å²) in [6, 6.07) is 0. The van der Waals surface area contributed by atoms with Gasteiger partial charge in [0.1, 0.15) is 6.54 Å². The number of carboxylic acid groups (broad SMARTS) is 3. The predicted molar refractivity (Wildman–Crippen MR) is 129 cm³/mol. The molecule has 0 aliphatic rings. The Kier molecular flexibility index (Phi) is 19.5. The lowest BCUT2D eigenvalue weighted by Crippen LogP contribution is -2.59. The van der Waals surface area contributed by atoms with Crippen LogP contribution in [0.3, 0.4) is 0 Å². The van der Waals surface area contributed by atoms with Crippen LogP contribution in [-0.4, -0.2) is 58.8 Å². The fraction of sp³-hybridized carbons (Fsp3) is 0.808. The largest absolute Gasteiger partial charge is 0.544 e. The average Bonchev–Trinajstić information content (AvgIpc) is 2.71. The van der Waals surface area contributed by atoms with E-state index < -0.39 is 42.0 Å². The third kappa shape index (κ3) is 20.4. The number of quaternary nitrogens is 1. The molecule has 0 aromatic rings. The molecule has 0 aliphatic carbocycles. The first-order valence-electron chi connectivity index (χ1n) is 12.9. The van der Waals surface area contributed by atoms with E-state index in [4.69, 9.17) is 10.2 Å². The van der Waals surface area contributed by atoms with Crippen LogP contribution in [0.4, 0.5) is 0 Å². The normalized spacial score (nSPS) is 11.8. The summed E-state index contributed by atoms with van der Waals surface area (Å²) in [5.41, 5.74) is 0. The Morgan fingerprint density at radius 3 is 1.42 bits per heavy atom. The van der Waals surface area contributed by atoms with Crippen molar-refractivity contribution in [3.8, 4) is 0 Å². The van der Waals surface area contributed by atoms with Crippen molar-refractivity contribution in [2.45, 2.75) is 110 Å². The van der Waals surface area contributed by atoms with Crippen LogP contribution < -0.4 is 5.11 Å². The predicted octanol–water partition coefficient (Wildman–Crippen LogP) is 4.54. The summed E-state index contributed by atoms with van der Waals surface area (Å²) in [6.45, 7) is 0.826. The molecule has 192 valence electrons. The molecule has 0 atom stereocenters. The van der Waals surface area contributed by atoms with Gasteiger partial charge < -0.3 is 24.6 Å². The van der Waals surface area contributed by atoms with Crippen LogP contribution in [0.15, 0.2) is 12.2 Å². The van der Waals surface area contributed by atoms with E-state index in [-0.39, 0.29) is 6.54 Å². The summed E-state index contributed by atoms with van der Waals surface area (Å²) in [5, 5.41) is 29.2. The molecule has 2 N–H and O–H groups in total. The molecule has 0 radical (unpaired) electrons. The first kappa shape index (κ1) is 31.1. The van der Waals surface area contributed by atoms with Gasteiger partial charge in [-0.3, -0.25) is 0 Å². The van der Waals surface area contributed by atoms with Crippen LogP contribution in [-0.2, 0) is 14.4 Å². The van der Waals surface area contributed by atoms with Crippen molar-refractivity contribution in [1.82, 2.24) is 0 Å². The van der Waals surface area contributed by atoms with Gasteiger partial charge in [0.15, 0.2) is 13.1 Å². The number of aliphatic carboxylic acids is 3. The van der Waals surface area contributed by atoms with Crippen molar-refractivity contribution in [2.75, 3.05) is 26.2 Å². The number of hydrogen-bond donors (Lipinski definition) is 2. The van der Waals surface area contributed by atoms with E-state index in [0.717, 1.165) is 38.5 Å². The van der Waals surface area contributed by atoms with Crippen molar-refractivity contribution in [3.05, 3.63) is 12.2 Å². The van der Waals surface area contributed by atoms with Crippen molar-refractivity contribution >= 4 is 17.9 Å². The highest BCUT2D eigenvalue weighted by molar-refractivity contribution is 5.72. The second-order valence-electron chi connectivity index (χ2n) is 9.34. The Morgan fingerprint density at radius 2 is 1.03 bits per heavy atom. The maximum Gasteiger partial charge on any atom is 0.359 e. The van der Waals surface area contributed by atoms with Gasteiger partial charge in [-0.1, -0.05) is 83.3 Å². The molecule has 7 heteroatoms. The summed E-state index contributed by atoms with van der Waals surface area (Å²) >= 11 is 0. The number of hydrogen-bond acceptors (Lipinski definition) is 4. The Labute approximate surface area is 200 Å². The molecule has 0 aromatic carbocycles. The fourth-order valence-electron chi connectivity index (χ4n) is 4.30. The van der Waals surface area contributed by atoms with Crippen LogP contribution in [0, 0.1) is 0 Å². The molecule has 7 nitrogen and oxygen atoms in total. The van der Waals surface area contributed by atoms with Crippen molar-refractivity contribution in [2.24, 2.45) is 0 Å². The van der Waals surface area contributed by atoms with Gasteiger partial charge in [-0.05, 0) is 38.5 Å². The van der Waals surface area contributed by atoms with Crippen LogP contribution in [0.5, 0.6) is 0 Å². The smallest absolute Gasteiger partial charge is 0.359 e. The number of carbonyl (C=O) groups excluding carboxylic acids is 1. The summed E-state index contributed by atoms with van der Waals surface area (Å²) in [7, 11) is 0. The molecule has 0 aromatic heterocycles. The van der Waals surface area contributed by atoms with Gasteiger partial charge >= 0.3 is 11.9 Å². The van der Waals surface area contributed by atoms with Gasteiger partial charge in [0, 0.05) is 0 Å². The lowest BCUT2D eigenvalue weighted by Gasteiger charge is -2.36. The maximum atomic E-state index is 11.1. The van der Waals surface area contributed by atoms with E-state index in [1.54, 1.807) is 0 Å². The molecule has 0 bridgehead atoms. The number of nitrogens with zero attached hydrogens (tertiary/aromatic N) is 1. The van der Waals surface area contributed by atoms with Crippen LogP contribution >= 0.6 is 0 Å². The molecule has 0 aliphatic heterocycles. The Balaban J connectivity index is 3.83. The monoisotopic (exact) mass is 469 g/mol. The molecule has 0 amide bonds. The first-order chi connectivity index (χ1) is 15.8. The number of carbonyl (C=O) groups is 3. The molecule has 33 heavy (non-hydrogen) atoms. The summed E-state index contributed by atoms with van der Waals surface area (Å²) in [6.07, 6.45) is 23.4. The third-order valence-electron chi connectivity index (χ3n) is 6.05. The molecule has 0 unspecified atom stereocenters. The molecule has 0 saturated heterocycles. The number of carboxylic acids is 3. The minimum atomic E-state index is -1.42. The summed E-state index contributed by atoms with van der Waals surface area (Å²) in [5.74, 6) is -3.83. The standard InChI is InChI=1S/C26H47NO6/c1-2-3-4-5-6-7-8-9-10-11-12-13-14-15-16-17-18-19-20-27(21-24(28)29,22-25(30)31)23-26(32)33/h11-12H,2-10,13-23H2,1H3,(H2-,28,29,30,31,32,33)/b12-11+. The molecular formula is C26H47NO6. The van der Waals surface area contributed by atoms with Gasteiger partial charge in [0.25, 0.3) is 0 Å². The van der Waals surface area contributed by atoms with Gasteiger partial charge in [-0.25, -0.2) is 9.59 Å². The van der Waals surface area contributed by atoms with E-state index in [2.05, 4.69) is 19.1 Å². The van der Waals surface area contributed by atoms with Gasteiger partial charge in [-0.15, -0.1) is 0 Å². The number of rotatable bonds is 24. The first-order valence-corrected chi connectivity index (χ1v) is 12.9. The molecule has 0 rings (SSSR count). The molecule has 0 saturated carbocycles. The SMILES string of the molecule is CCCCCCCCCC/C=C/CCCCCCCC[N+](CC(=O)[O-])(CC(=O)O)CC(=O)O. The zero-order valence-electron chi connectivity index (χ0n) is 20.8. The van der Waals surface area contributed by atoms with Crippen molar-refractivity contribution in [1.29, 1.82) is 0 Å². The quantitative estimate of drug-likeness (QED) is 0.122. The highest BCUT2D eigenvalue weighted by Gasteiger charge is 2.33. The van der Waals surface area contributed by atoms with Crippen LogP contribution in [0.2, 0.25) is 0 Å². The third-order valence-corrected chi connectivity index (χ3v) is 6.05. The molecule has 0 fully saturated rings. The lowest BCUT2D eigenvalue weighted by molar-refractivity contribution is -0.909. The van der Waals surface area contributed by atoms with E-state index in [1.807, 2.05) is 0 Å². The van der Waals surface area contributed by atoms with Crippen molar-refractivity contribution in [3.63, 3.8) is 0 Å². The second kappa shape index (κ2) is 20.7. The topological polar surface area (TPSA) is 115 Å². The Morgan fingerprint density at radius 1 is 0.636 bits per heavy atom. The average molecular weight is 470 g/mol. The number of unbranched alkanes of at least 4 members (excludes halogenated alkanes) is 14. The summed E-state index contributed by atoms with van der Waals surface area (Å²) in [4.78, 5) is 33.3. The zero-order chi connectivity index (χ0) is 24.8. The minimum absolute atomic E-state index is 0.216. The van der Waals surface area contributed by atoms with Gasteiger partial charge in [0.2, 0.25) is 0 Å². The zero-order valence-corrected chi connectivity index (χ0v) is 20.8. The minimum Gasteiger partial charge on any atom is -0.544 e. The van der Waals surface area contributed by atoms with Crippen LogP contribution in [0.1, 0.15) is 110 Å². The van der Waals surface area contributed by atoms with Gasteiger partial charge in [-0.2, -0.15) is 0 Å². The van der Waals surface area contributed by atoms with E-state index >= 15 is 0 Å². The maximum absolute atomic E-state index is 11.1. The van der Waals surface area contributed by atoms with E-state index in [0.29, 0.717) is 6.42 Å². The Hall–Kier alpha value is -1.89. The fourth-order valence-corrected chi connectivity index (χ4v) is 4.30. The van der Waals surface area contributed by atoms with Gasteiger partial charge in [0.05, 0.1) is 12.5 Å². The van der Waals surface area contributed by atoms with Crippen molar-refractivity contribution < 1.29 is 34.2 Å². The molecular weight excluding hydrogens is 422 g/mol. The second-order valence-corrected chi connectivity index (χ2v) is 9.34. The Bertz CT molecular complexity index is 520.